The zero-order valence-corrected chi connectivity index (χ0v) is 12.4. The summed E-state index contributed by atoms with van der Waals surface area (Å²) >= 11 is 0. The van der Waals surface area contributed by atoms with Crippen LogP contribution in [0.25, 0.3) is 11.0 Å². The molecule has 4 heteroatoms. The molecular formula is C17H18N2O2. The molecule has 3 rings (SSSR count). The predicted molar refractivity (Wildman–Crippen MR) is 83.4 cm³/mol. The van der Waals surface area contributed by atoms with E-state index in [2.05, 4.69) is 0 Å². The van der Waals surface area contributed by atoms with Gasteiger partial charge in [-0.1, -0.05) is 35.9 Å². The first-order valence-corrected chi connectivity index (χ1v) is 6.89. The molecule has 1 heterocycles. The SMILES string of the molecule is Cc1ccc(C(O)c2ccc3c(c2)n(C)c(=O)n3C)cc1. The van der Waals surface area contributed by atoms with Gasteiger partial charge in [0.15, 0.2) is 0 Å². The summed E-state index contributed by atoms with van der Waals surface area (Å²) in [6.07, 6.45) is -0.690. The Labute approximate surface area is 122 Å². The normalized spacial score (nSPS) is 12.8. The Morgan fingerprint density at radius 2 is 1.48 bits per heavy atom. The molecule has 0 saturated carbocycles. The minimum Gasteiger partial charge on any atom is -0.384 e. The van der Waals surface area contributed by atoms with Gasteiger partial charge in [0, 0.05) is 14.1 Å². The molecule has 1 atom stereocenters. The van der Waals surface area contributed by atoms with Crippen LogP contribution in [0.3, 0.4) is 0 Å². The maximum atomic E-state index is 11.9. The third kappa shape index (κ3) is 2.17. The molecule has 21 heavy (non-hydrogen) atoms. The van der Waals surface area contributed by atoms with Gasteiger partial charge in [-0.2, -0.15) is 0 Å². The van der Waals surface area contributed by atoms with Crippen molar-refractivity contribution in [2.75, 3.05) is 0 Å². The van der Waals surface area contributed by atoms with Crippen molar-refractivity contribution in [3.05, 3.63) is 69.6 Å². The van der Waals surface area contributed by atoms with Gasteiger partial charge in [0.05, 0.1) is 11.0 Å². The summed E-state index contributed by atoms with van der Waals surface area (Å²) in [5.74, 6) is 0. The summed E-state index contributed by atoms with van der Waals surface area (Å²) < 4.78 is 3.21. The van der Waals surface area contributed by atoms with Crippen LogP contribution in [0.15, 0.2) is 47.3 Å². The van der Waals surface area contributed by atoms with Gasteiger partial charge in [-0.15, -0.1) is 0 Å². The van der Waals surface area contributed by atoms with E-state index >= 15 is 0 Å². The number of imidazole rings is 1. The highest BCUT2D eigenvalue weighted by atomic mass is 16.3. The van der Waals surface area contributed by atoms with Crippen molar-refractivity contribution >= 4 is 11.0 Å². The summed E-state index contributed by atoms with van der Waals surface area (Å²) in [6.45, 7) is 2.02. The zero-order valence-electron chi connectivity index (χ0n) is 12.4. The van der Waals surface area contributed by atoms with E-state index in [9.17, 15) is 9.90 Å². The topological polar surface area (TPSA) is 47.2 Å². The molecule has 0 bridgehead atoms. The number of nitrogens with zero attached hydrogens (tertiary/aromatic N) is 2. The predicted octanol–water partition coefficient (Wildman–Crippen LogP) is 2.27. The number of hydrogen-bond donors (Lipinski definition) is 1. The van der Waals surface area contributed by atoms with Gasteiger partial charge in [0.25, 0.3) is 0 Å². The van der Waals surface area contributed by atoms with Gasteiger partial charge in [0.2, 0.25) is 0 Å². The average molecular weight is 282 g/mol. The standard InChI is InChI=1S/C17H18N2O2/c1-11-4-6-12(7-5-11)16(20)13-8-9-14-15(10-13)19(3)17(21)18(14)2/h4-10,16,20H,1-3H3. The van der Waals surface area contributed by atoms with E-state index in [1.54, 1.807) is 23.2 Å². The fraction of sp³-hybridized carbons (Fsp3) is 0.235. The maximum absolute atomic E-state index is 11.9. The maximum Gasteiger partial charge on any atom is 0.328 e. The lowest BCUT2D eigenvalue weighted by molar-refractivity contribution is 0.220. The van der Waals surface area contributed by atoms with E-state index < -0.39 is 6.10 Å². The molecule has 0 fully saturated rings. The summed E-state index contributed by atoms with van der Waals surface area (Å²) in [5.41, 5.74) is 4.42. The molecule has 2 aromatic carbocycles. The third-order valence-corrected chi connectivity index (χ3v) is 4.00. The van der Waals surface area contributed by atoms with E-state index in [0.717, 1.165) is 27.7 Å². The molecule has 0 radical (unpaired) electrons. The van der Waals surface area contributed by atoms with Gasteiger partial charge >= 0.3 is 5.69 Å². The van der Waals surface area contributed by atoms with Crippen molar-refractivity contribution in [2.24, 2.45) is 14.1 Å². The van der Waals surface area contributed by atoms with E-state index in [-0.39, 0.29) is 5.69 Å². The van der Waals surface area contributed by atoms with Gasteiger partial charge in [-0.3, -0.25) is 9.13 Å². The molecular weight excluding hydrogens is 264 g/mol. The van der Waals surface area contributed by atoms with Crippen molar-refractivity contribution in [3.8, 4) is 0 Å². The van der Waals surface area contributed by atoms with Crippen LogP contribution in [0.2, 0.25) is 0 Å². The molecule has 1 aromatic heterocycles. The summed E-state index contributed by atoms with van der Waals surface area (Å²) in [6, 6.07) is 13.4. The molecule has 0 aliphatic carbocycles. The third-order valence-electron chi connectivity index (χ3n) is 4.00. The Morgan fingerprint density at radius 1 is 0.905 bits per heavy atom. The monoisotopic (exact) mass is 282 g/mol. The number of fused-ring (bicyclic) bond motifs is 1. The summed E-state index contributed by atoms with van der Waals surface area (Å²) in [7, 11) is 3.49. The Balaban J connectivity index is 2.10. The lowest BCUT2D eigenvalue weighted by Gasteiger charge is -2.12. The van der Waals surface area contributed by atoms with Crippen molar-refractivity contribution in [1.29, 1.82) is 0 Å². The molecule has 0 spiro atoms. The molecule has 1 N–H and O–H groups in total. The van der Waals surface area contributed by atoms with Gasteiger partial charge in [-0.05, 0) is 30.2 Å². The number of aryl methyl sites for hydroxylation is 3. The first-order valence-electron chi connectivity index (χ1n) is 6.89. The van der Waals surface area contributed by atoms with Crippen molar-refractivity contribution in [3.63, 3.8) is 0 Å². The van der Waals surface area contributed by atoms with E-state index in [4.69, 9.17) is 0 Å². The number of rotatable bonds is 2. The Hall–Kier alpha value is -2.33. The fourth-order valence-electron chi connectivity index (χ4n) is 2.64. The van der Waals surface area contributed by atoms with Gasteiger partial charge in [0.1, 0.15) is 6.10 Å². The van der Waals surface area contributed by atoms with Crippen LogP contribution in [0.1, 0.15) is 22.8 Å². The van der Waals surface area contributed by atoms with Crippen LogP contribution in [0.5, 0.6) is 0 Å². The molecule has 0 amide bonds. The second-order valence-corrected chi connectivity index (χ2v) is 5.46. The second kappa shape index (κ2) is 4.90. The van der Waals surface area contributed by atoms with Crippen LogP contribution >= 0.6 is 0 Å². The summed E-state index contributed by atoms with van der Waals surface area (Å²) in [5, 5.41) is 10.5. The highest BCUT2D eigenvalue weighted by Crippen LogP contribution is 2.25. The quantitative estimate of drug-likeness (QED) is 0.784. The minimum atomic E-state index is -0.690. The summed E-state index contributed by atoms with van der Waals surface area (Å²) in [4.78, 5) is 11.9. The first-order chi connectivity index (χ1) is 9.99. The van der Waals surface area contributed by atoms with E-state index in [1.807, 2.05) is 49.4 Å². The minimum absolute atomic E-state index is 0.0630. The molecule has 0 aliphatic rings. The lowest BCUT2D eigenvalue weighted by atomic mass is 10.00. The first kappa shape index (κ1) is 13.6. The highest BCUT2D eigenvalue weighted by molar-refractivity contribution is 5.77. The van der Waals surface area contributed by atoms with Crippen LogP contribution in [0, 0.1) is 6.92 Å². The Kier molecular flexibility index (Phi) is 3.18. The largest absolute Gasteiger partial charge is 0.384 e. The van der Waals surface area contributed by atoms with Crippen molar-refractivity contribution in [1.82, 2.24) is 9.13 Å². The Morgan fingerprint density at radius 3 is 2.14 bits per heavy atom. The van der Waals surface area contributed by atoms with Crippen molar-refractivity contribution < 1.29 is 5.11 Å². The van der Waals surface area contributed by atoms with Crippen LogP contribution in [-0.2, 0) is 14.1 Å². The molecule has 0 saturated heterocycles. The smallest absolute Gasteiger partial charge is 0.328 e. The number of benzene rings is 2. The number of aromatic nitrogens is 2. The molecule has 108 valence electrons. The molecule has 1 unspecified atom stereocenters. The van der Waals surface area contributed by atoms with Crippen LogP contribution < -0.4 is 5.69 Å². The average Bonchev–Trinajstić information content (AvgIpc) is 2.72. The molecule has 4 nitrogen and oxygen atoms in total. The zero-order chi connectivity index (χ0) is 15.1. The highest BCUT2D eigenvalue weighted by Gasteiger charge is 2.14. The lowest BCUT2D eigenvalue weighted by Crippen LogP contribution is -2.19. The van der Waals surface area contributed by atoms with E-state index in [0.29, 0.717) is 0 Å². The number of aliphatic hydroxyl groups excluding tert-OH is 1. The van der Waals surface area contributed by atoms with Crippen LogP contribution in [-0.4, -0.2) is 14.2 Å². The van der Waals surface area contributed by atoms with Gasteiger partial charge < -0.3 is 5.11 Å². The second-order valence-electron chi connectivity index (χ2n) is 5.46. The number of aliphatic hydroxyl groups is 1. The van der Waals surface area contributed by atoms with Gasteiger partial charge in [-0.25, -0.2) is 4.79 Å². The van der Waals surface area contributed by atoms with Crippen LogP contribution in [0.4, 0.5) is 0 Å². The fourth-order valence-corrected chi connectivity index (χ4v) is 2.64. The molecule has 0 aliphatic heterocycles. The Bertz CT molecular complexity index is 857. The van der Waals surface area contributed by atoms with E-state index in [1.165, 1.54) is 0 Å². The number of hydrogen-bond acceptors (Lipinski definition) is 2. The molecule has 3 aromatic rings. The van der Waals surface area contributed by atoms with Crippen molar-refractivity contribution in [2.45, 2.75) is 13.0 Å².